The normalized spacial score (nSPS) is 16.8. The number of anilines is 4. The van der Waals surface area contributed by atoms with Gasteiger partial charge in [-0.1, -0.05) is 19.9 Å². The van der Waals surface area contributed by atoms with E-state index in [2.05, 4.69) is 36.6 Å². The van der Waals surface area contributed by atoms with Gasteiger partial charge in [-0.15, -0.1) is 5.10 Å². The van der Waals surface area contributed by atoms with Gasteiger partial charge in [-0.25, -0.2) is 14.6 Å². The van der Waals surface area contributed by atoms with E-state index in [0.29, 0.717) is 59.2 Å². The average Bonchev–Trinajstić information content (AvgIpc) is 4.10. The summed E-state index contributed by atoms with van der Waals surface area (Å²) in [6.45, 7) is 4.66. The van der Waals surface area contributed by atoms with Crippen molar-refractivity contribution in [3.63, 3.8) is 0 Å². The molecule has 8 rings (SSSR count). The fourth-order valence-electron chi connectivity index (χ4n) is 7.89. The monoisotopic (exact) mass is 955 g/mol. The summed E-state index contributed by atoms with van der Waals surface area (Å²) in [7, 11) is 0. The van der Waals surface area contributed by atoms with Crippen LogP contribution in [0.2, 0.25) is 0 Å². The second-order valence-corrected chi connectivity index (χ2v) is 16.9. The second kappa shape index (κ2) is 20.3. The standard InChI is InChI=1S/C46H48F3N11O9/c1-45(2)13-17-58(44(45)66)38-33(53-23-29-25-69-41(55-29)28-12-14-51-35(22-28)54-26-46(47,48)49)24-59(57-38)30-8-6-27(7-9-30)39(62)52-16-19-68-21-20-67-18-15-50-32-5-3-4-31-37(32)43(65)60(42(31)64)34-10-11-36(61)56-40(34)63/h3-9,12,14,22,24-25,34,50,53H,10-11,13,15-21,23,26H2,1-2H3,(H,51,54)(H,52,62)(H,56,61,63). The number of nitrogens with one attached hydrogen (secondary N) is 5. The maximum atomic E-state index is 13.4. The number of piperidine rings is 1. The lowest BCUT2D eigenvalue weighted by atomic mass is 9.92. The van der Waals surface area contributed by atoms with E-state index in [0.717, 1.165) is 4.90 Å². The Labute approximate surface area is 392 Å². The number of aromatic nitrogens is 4. The highest BCUT2D eigenvalue weighted by Crippen LogP contribution is 2.38. The highest BCUT2D eigenvalue weighted by molar-refractivity contribution is 6.25. The van der Waals surface area contributed by atoms with Gasteiger partial charge < -0.3 is 35.2 Å². The summed E-state index contributed by atoms with van der Waals surface area (Å²) in [5.41, 5.74) is 2.63. The van der Waals surface area contributed by atoms with E-state index < -0.39 is 47.8 Å². The van der Waals surface area contributed by atoms with Crippen molar-refractivity contribution in [3.8, 4) is 17.1 Å². The third kappa shape index (κ3) is 11.0. The molecule has 362 valence electrons. The number of ether oxygens (including phenoxy) is 2. The molecule has 0 aliphatic carbocycles. The molecule has 0 bridgehead atoms. The molecule has 3 aliphatic heterocycles. The van der Waals surface area contributed by atoms with Gasteiger partial charge in [0.2, 0.25) is 23.6 Å². The number of carbonyl (C=O) groups is 6. The van der Waals surface area contributed by atoms with Crippen molar-refractivity contribution < 1.29 is 55.8 Å². The largest absolute Gasteiger partial charge is 0.444 e. The van der Waals surface area contributed by atoms with Crippen molar-refractivity contribution in [2.24, 2.45) is 5.41 Å². The lowest BCUT2D eigenvalue weighted by molar-refractivity contribution is -0.136. The van der Waals surface area contributed by atoms with Crippen LogP contribution in [0.1, 0.15) is 69.9 Å². The molecule has 5 aromatic rings. The topological polar surface area (TPSA) is 244 Å². The van der Waals surface area contributed by atoms with E-state index in [1.807, 2.05) is 13.8 Å². The zero-order chi connectivity index (χ0) is 48.9. The van der Waals surface area contributed by atoms with Crippen molar-refractivity contribution in [3.05, 3.63) is 95.6 Å². The number of amides is 6. The van der Waals surface area contributed by atoms with Gasteiger partial charge in [0.25, 0.3) is 17.7 Å². The summed E-state index contributed by atoms with van der Waals surface area (Å²) in [5.74, 6) is -2.12. The third-order valence-corrected chi connectivity index (χ3v) is 11.6. The predicted molar refractivity (Wildman–Crippen MR) is 241 cm³/mol. The van der Waals surface area contributed by atoms with E-state index in [1.165, 1.54) is 24.6 Å². The van der Waals surface area contributed by atoms with Crippen molar-refractivity contribution >= 4 is 58.5 Å². The quantitative estimate of drug-likeness (QED) is 0.0531. The van der Waals surface area contributed by atoms with E-state index in [-0.39, 0.29) is 87.0 Å². The summed E-state index contributed by atoms with van der Waals surface area (Å²) in [4.78, 5) is 87.7. The SMILES string of the molecule is CC1(C)CCN(c2nn(-c3ccc(C(=O)NCCOCCOCCNc4cccc5c4C(=O)N(C4CCC(=O)NC4=O)C5=O)cc3)cc2NCc2coc(-c3ccnc(NCC(F)(F)F)c3)n2)C1=O. The smallest absolute Gasteiger partial charge is 0.405 e. The Morgan fingerprint density at radius 2 is 1.70 bits per heavy atom. The number of rotatable bonds is 20. The summed E-state index contributed by atoms with van der Waals surface area (Å²) < 4.78 is 56.6. The molecular weight excluding hydrogens is 908 g/mol. The molecule has 6 heterocycles. The number of oxazole rings is 1. The number of fused-ring (bicyclic) bond motifs is 1. The minimum atomic E-state index is -4.41. The van der Waals surface area contributed by atoms with Crippen LogP contribution in [-0.2, 0) is 30.4 Å². The Kier molecular flexibility index (Phi) is 14.1. The van der Waals surface area contributed by atoms with Gasteiger partial charge in [-0.05, 0) is 61.4 Å². The van der Waals surface area contributed by atoms with Crippen LogP contribution in [0.15, 0.2) is 77.7 Å². The molecule has 3 aromatic heterocycles. The van der Waals surface area contributed by atoms with E-state index >= 15 is 0 Å². The van der Waals surface area contributed by atoms with E-state index in [4.69, 9.17) is 19.0 Å². The zero-order valence-corrected chi connectivity index (χ0v) is 37.5. The van der Waals surface area contributed by atoms with Crippen LogP contribution >= 0.6 is 0 Å². The molecular formula is C46H48F3N11O9. The molecule has 2 aromatic carbocycles. The minimum absolute atomic E-state index is 0.0145. The molecule has 5 N–H and O–H groups in total. The Balaban J connectivity index is 0.782. The first-order valence-electron chi connectivity index (χ1n) is 22.1. The first-order chi connectivity index (χ1) is 33.1. The van der Waals surface area contributed by atoms with Crippen LogP contribution < -0.4 is 31.5 Å². The summed E-state index contributed by atoms with van der Waals surface area (Å²) in [5, 5.41) is 18.4. The lowest BCUT2D eigenvalue weighted by Crippen LogP contribution is -2.54. The molecule has 0 spiro atoms. The molecule has 20 nitrogen and oxygen atoms in total. The Morgan fingerprint density at radius 3 is 2.42 bits per heavy atom. The van der Waals surface area contributed by atoms with Crippen LogP contribution in [0.25, 0.3) is 17.1 Å². The average molecular weight is 956 g/mol. The number of benzene rings is 2. The van der Waals surface area contributed by atoms with Crippen LogP contribution in [0.3, 0.4) is 0 Å². The number of imide groups is 2. The first-order valence-corrected chi connectivity index (χ1v) is 22.1. The molecule has 2 saturated heterocycles. The van der Waals surface area contributed by atoms with Crippen molar-refractivity contribution in [1.29, 1.82) is 0 Å². The summed E-state index contributed by atoms with van der Waals surface area (Å²) >= 11 is 0. The number of hydrogen-bond donors (Lipinski definition) is 5. The highest BCUT2D eigenvalue weighted by Gasteiger charge is 2.46. The van der Waals surface area contributed by atoms with E-state index in [1.54, 1.807) is 58.2 Å². The van der Waals surface area contributed by atoms with E-state index in [9.17, 15) is 41.9 Å². The third-order valence-electron chi connectivity index (χ3n) is 11.6. The fraction of sp³-hybridized carbons (Fsp3) is 0.370. The van der Waals surface area contributed by atoms with Gasteiger partial charge in [0, 0.05) is 54.5 Å². The molecule has 0 radical (unpaired) electrons. The highest BCUT2D eigenvalue weighted by atomic mass is 19.4. The molecule has 6 amide bonds. The van der Waals surface area contributed by atoms with Gasteiger partial charge in [-0.2, -0.15) is 13.2 Å². The minimum Gasteiger partial charge on any atom is -0.444 e. The Bertz CT molecular complexity index is 2760. The molecule has 69 heavy (non-hydrogen) atoms. The fourth-order valence-corrected chi connectivity index (χ4v) is 7.89. The molecule has 1 atom stereocenters. The molecule has 0 saturated carbocycles. The number of alkyl halides is 3. The number of carbonyl (C=O) groups excluding carboxylic acids is 6. The second-order valence-electron chi connectivity index (χ2n) is 16.9. The van der Waals surface area contributed by atoms with Crippen LogP contribution in [0.4, 0.5) is 36.2 Å². The molecule has 23 heteroatoms. The predicted octanol–water partition coefficient (Wildman–Crippen LogP) is 4.55. The number of nitrogens with zero attached hydrogens (tertiary/aromatic N) is 6. The summed E-state index contributed by atoms with van der Waals surface area (Å²) in [6, 6.07) is 13.5. The zero-order valence-electron chi connectivity index (χ0n) is 37.5. The lowest BCUT2D eigenvalue weighted by Gasteiger charge is -2.27. The molecule has 2 fully saturated rings. The van der Waals surface area contributed by atoms with Gasteiger partial charge in [0.05, 0.1) is 67.4 Å². The van der Waals surface area contributed by atoms with Gasteiger partial charge in [-0.3, -0.25) is 43.9 Å². The van der Waals surface area contributed by atoms with Crippen molar-refractivity contribution in [2.45, 2.75) is 51.9 Å². The van der Waals surface area contributed by atoms with Crippen LogP contribution in [0, 0.1) is 5.41 Å². The maximum absolute atomic E-state index is 13.4. The first kappa shape index (κ1) is 47.8. The summed E-state index contributed by atoms with van der Waals surface area (Å²) in [6.07, 6.45) is 0.806. The Hall–Kier alpha value is -7.66. The van der Waals surface area contributed by atoms with Crippen LogP contribution in [0.5, 0.6) is 0 Å². The number of pyridine rings is 1. The number of hydrogen-bond acceptors (Lipinski definition) is 15. The Morgan fingerprint density at radius 1 is 0.928 bits per heavy atom. The molecule has 1 unspecified atom stereocenters. The number of halogens is 3. The van der Waals surface area contributed by atoms with Crippen LogP contribution in [-0.4, -0.2) is 125 Å². The maximum Gasteiger partial charge on any atom is 0.405 e. The molecule has 3 aliphatic rings. The van der Waals surface area contributed by atoms with Gasteiger partial charge in [0.1, 0.15) is 24.7 Å². The van der Waals surface area contributed by atoms with Gasteiger partial charge >= 0.3 is 6.18 Å². The van der Waals surface area contributed by atoms with Crippen molar-refractivity contribution in [2.75, 3.05) is 73.5 Å². The van der Waals surface area contributed by atoms with Gasteiger partial charge in [0.15, 0.2) is 5.82 Å². The van der Waals surface area contributed by atoms with Crippen molar-refractivity contribution in [1.82, 2.24) is 35.3 Å².